The molecule has 1 heterocycles. The number of amides is 2. The van der Waals surface area contributed by atoms with Gasteiger partial charge < -0.3 is 16.8 Å². The summed E-state index contributed by atoms with van der Waals surface area (Å²) in [4.78, 5) is 24.5. The minimum Gasteiger partial charge on any atom is -0.371 e. The average molecular weight is 339 g/mol. The fourth-order valence-electron chi connectivity index (χ4n) is 2.79. The Morgan fingerprint density at radius 2 is 1.54 bits per heavy atom. The number of carbonyl (C=O) groups excluding carboxylic acids is 2. The maximum Gasteiger partial charge on any atom is 0.254 e. The Bertz CT molecular complexity index is 792. The number of nitrogens with one attached hydrogen (secondary N) is 1. The second-order valence-electron chi connectivity index (χ2n) is 5.48. The number of hydrogen-bond donors (Lipinski definition) is 3. The molecule has 1 aliphatic rings. The van der Waals surface area contributed by atoms with Crippen LogP contribution in [0.25, 0.3) is 0 Å². The molecule has 0 saturated heterocycles. The lowest BCUT2D eigenvalue weighted by atomic mass is 9.78. The van der Waals surface area contributed by atoms with E-state index in [0.717, 1.165) is 11.3 Å². The van der Waals surface area contributed by atoms with E-state index in [2.05, 4.69) is 5.32 Å². The Morgan fingerprint density at radius 1 is 0.958 bits per heavy atom. The van der Waals surface area contributed by atoms with Gasteiger partial charge in [-0.1, -0.05) is 60.3 Å². The third-order valence-corrected chi connectivity index (χ3v) is 5.29. The monoisotopic (exact) mass is 339 g/mol. The molecule has 6 heteroatoms. The largest absolute Gasteiger partial charge is 0.371 e. The van der Waals surface area contributed by atoms with E-state index in [9.17, 15) is 9.59 Å². The number of anilines is 1. The lowest BCUT2D eigenvalue weighted by molar-refractivity contribution is -0.121. The molecular formula is C18H17N3O2S. The zero-order valence-electron chi connectivity index (χ0n) is 12.8. The summed E-state index contributed by atoms with van der Waals surface area (Å²) in [6.07, 6.45) is 1.58. The number of hydrogen-bond acceptors (Lipinski definition) is 4. The molecular weight excluding hydrogens is 322 g/mol. The van der Waals surface area contributed by atoms with E-state index in [-0.39, 0.29) is 0 Å². The first-order valence-electron chi connectivity index (χ1n) is 7.40. The van der Waals surface area contributed by atoms with Gasteiger partial charge in [-0.15, -0.1) is 0 Å². The molecule has 0 aromatic heterocycles. The zero-order chi connectivity index (χ0) is 17.2. The predicted octanol–water partition coefficient (Wildman–Crippen LogP) is 1.96. The number of nitrogens with two attached hydrogens (primary N) is 2. The van der Waals surface area contributed by atoms with Crippen LogP contribution in [0.4, 0.5) is 5.69 Å². The van der Waals surface area contributed by atoms with Gasteiger partial charge in [0.1, 0.15) is 5.41 Å². The van der Waals surface area contributed by atoms with Crippen LogP contribution in [0.15, 0.2) is 71.6 Å². The molecule has 2 atom stereocenters. The van der Waals surface area contributed by atoms with Crippen molar-refractivity contribution in [2.45, 2.75) is 10.8 Å². The minimum atomic E-state index is -1.16. The number of rotatable bonds is 5. The van der Waals surface area contributed by atoms with E-state index in [1.165, 1.54) is 11.8 Å². The number of carbonyl (C=O) groups is 2. The van der Waals surface area contributed by atoms with Crippen LogP contribution in [-0.2, 0) is 15.0 Å². The van der Waals surface area contributed by atoms with Gasteiger partial charge in [0.2, 0.25) is 5.91 Å². The first-order chi connectivity index (χ1) is 11.5. The van der Waals surface area contributed by atoms with Crippen molar-refractivity contribution in [2.24, 2.45) is 11.5 Å². The third-order valence-electron chi connectivity index (χ3n) is 3.99. The van der Waals surface area contributed by atoms with E-state index in [1.807, 2.05) is 60.7 Å². The fourth-order valence-corrected chi connectivity index (χ4v) is 4.11. The first kappa shape index (κ1) is 16.1. The summed E-state index contributed by atoms with van der Waals surface area (Å²) in [6, 6.07) is 18.6. The summed E-state index contributed by atoms with van der Waals surface area (Å²) < 4.78 is 0. The topological polar surface area (TPSA) is 98.2 Å². The Balaban J connectivity index is 2.09. The molecule has 2 unspecified atom stereocenters. The van der Waals surface area contributed by atoms with Crippen molar-refractivity contribution in [1.82, 2.24) is 0 Å². The van der Waals surface area contributed by atoms with E-state index in [1.54, 1.807) is 6.08 Å². The molecule has 0 aliphatic carbocycles. The lowest BCUT2D eigenvalue weighted by Gasteiger charge is -2.32. The molecule has 24 heavy (non-hydrogen) atoms. The van der Waals surface area contributed by atoms with Gasteiger partial charge in [0, 0.05) is 5.69 Å². The average Bonchev–Trinajstić information content (AvgIpc) is 2.97. The molecule has 0 spiro atoms. The summed E-state index contributed by atoms with van der Waals surface area (Å²) in [6.45, 7) is 0. The summed E-state index contributed by atoms with van der Waals surface area (Å²) in [5.41, 5.74) is 11.6. The van der Waals surface area contributed by atoms with E-state index >= 15 is 0 Å². The van der Waals surface area contributed by atoms with Gasteiger partial charge in [0.05, 0.1) is 10.3 Å². The molecule has 2 aromatic carbocycles. The van der Waals surface area contributed by atoms with Gasteiger partial charge in [-0.05, 0) is 23.8 Å². The van der Waals surface area contributed by atoms with Crippen LogP contribution in [0, 0.1) is 0 Å². The van der Waals surface area contributed by atoms with Crippen LogP contribution in [0.5, 0.6) is 0 Å². The van der Waals surface area contributed by atoms with Crippen LogP contribution in [0.2, 0.25) is 0 Å². The number of thioether (sulfide) groups is 1. The SMILES string of the molecule is NC(=O)C1=CC(C(N)=O)(c2ccccc2)C(Nc2ccccc2)S1. The third kappa shape index (κ3) is 2.76. The summed E-state index contributed by atoms with van der Waals surface area (Å²) in [7, 11) is 0. The Kier molecular flexibility index (Phi) is 4.31. The molecule has 3 rings (SSSR count). The lowest BCUT2D eigenvalue weighted by Crippen LogP contribution is -2.48. The minimum absolute atomic E-state index is 0.325. The van der Waals surface area contributed by atoms with Crippen LogP contribution in [0.1, 0.15) is 5.56 Å². The highest BCUT2D eigenvalue weighted by Gasteiger charge is 2.50. The van der Waals surface area contributed by atoms with Crippen molar-refractivity contribution < 1.29 is 9.59 Å². The molecule has 0 radical (unpaired) electrons. The van der Waals surface area contributed by atoms with Crippen LogP contribution < -0.4 is 16.8 Å². The second kappa shape index (κ2) is 6.41. The summed E-state index contributed by atoms with van der Waals surface area (Å²) in [5.74, 6) is -1.11. The molecule has 122 valence electrons. The van der Waals surface area contributed by atoms with Crippen LogP contribution in [0.3, 0.4) is 0 Å². The first-order valence-corrected chi connectivity index (χ1v) is 8.28. The predicted molar refractivity (Wildman–Crippen MR) is 96.0 cm³/mol. The van der Waals surface area contributed by atoms with Crippen LogP contribution >= 0.6 is 11.8 Å². The van der Waals surface area contributed by atoms with E-state index < -0.39 is 22.6 Å². The van der Waals surface area contributed by atoms with Crippen LogP contribution in [-0.4, -0.2) is 17.2 Å². The molecule has 2 aromatic rings. The number of primary amides is 2. The van der Waals surface area contributed by atoms with Crippen molar-refractivity contribution in [2.75, 3.05) is 5.32 Å². The van der Waals surface area contributed by atoms with Gasteiger partial charge in [-0.3, -0.25) is 9.59 Å². The van der Waals surface area contributed by atoms with Gasteiger partial charge >= 0.3 is 0 Å². The van der Waals surface area contributed by atoms with Crippen molar-refractivity contribution in [3.63, 3.8) is 0 Å². The molecule has 0 bridgehead atoms. The highest BCUT2D eigenvalue weighted by molar-refractivity contribution is 8.05. The molecule has 0 saturated carbocycles. The van der Waals surface area contributed by atoms with E-state index in [0.29, 0.717) is 4.91 Å². The van der Waals surface area contributed by atoms with Gasteiger partial charge in [0.15, 0.2) is 0 Å². The van der Waals surface area contributed by atoms with Gasteiger partial charge in [-0.2, -0.15) is 0 Å². The Morgan fingerprint density at radius 3 is 2.08 bits per heavy atom. The highest BCUT2D eigenvalue weighted by Crippen LogP contribution is 2.47. The second-order valence-corrected chi connectivity index (χ2v) is 6.63. The smallest absolute Gasteiger partial charge is 0.254 e. The van der Waals surface area contributed by atoms with Gasteiger partial charge in [0.25, 0.3) is 5.91 Å². The molecule has 2 amide bonds. The highest BCUT2D eigenvalue weighted by atomic mass is 32.2. The quantitative estimate of drug-likeness (QED) is 0.775. The standard InChI is InChI=1S/C18H17N3O2S/c19-15(22)14-11-18(16(20)23,12-7-3-1-4-8-12)17(24-14)21-13-9-5-2-6-10-13/h1-11,17,21H,(H2,19,22)(H2,20,23). The molecule has 1 aliphatic heterocycles. The maximum atomic E-state index is 12.5. The summed E-state index contributed by atoms with van der Waals surface area (Å²) in [5, 5.41) is 2.83. The van der Waals surface area contributed by atoms with Crippen molar-refractivity contribution >= 4 is 29.3 Å². The summed E-state index contributed by atoms with van der Waals surface area (Å²) >= 11 is 1.22. The maximum absolute atomic E-state index is 12.5. The zero-order valence-corrected chi connectivity index (χ0v) is 13.6. The molecule has 5 nitrogen and oxygen atoms in total. The van der Waals surface area contributed by atoms with Crippen molar-refractivity contribution in [3.05, 3.63) is 77.2 Å². The van der Waals surface area contributed by atoms with Crippen molar-refractivity contribution in [3.8, 4) is 0 Å². The molecule has 5 N–H and O–H groups in total. The van der Waals surface area contributed by atoms with E-state index in [4.69, 9.17) is 11.5 Å². The van der Waals surface area contributed by atoms with Gasteiger partial charge in [-0.25, -0.2) is 0 Å². The van der Waals surface area contributed by atoms with Crippen molar-refractivity contribution in [1.29, 1.82) is 0 Å². The Hall–Kier alpha value is -2.73. The fraction of sp³-hybridized carbons (Fsp3) is 0.111. The normalized spacial score (nSPS) is 22.7. The number of benzene rings is 2. The number of para-hydroxylation sites is 1. The molecule has 0 fully saturated rings. The Labute approximate surface area is 144 Å².